The maximum Gasteiger partial charge on any atom is 0.0774 e. The third-order valence-corrected chi connectivity index (χ3v) is 5.19. The van der Waals surface area contributed by atoms with Gasteiger partial charge in [0.05, 0.1) is 5.60 Å². The number of hydrogen-bond donors (Lipinski definition) is 1. The highest BCUT2D eigenvalue weighted by molar-refractivity contribution is 5.14. The summed E-state index contributed by atoms with van der Waals surface area (Å²) in [6, 6.07) is 11.1. The molecule has 1 saturated heterocycles. The van der Waals surface area contributed by atoms with E-state index >= 15 is 0 Å². The van der Waals surface area contributed by atoms with Crippen LogP contribution in [0.1, 0.15) is 38.2 Å². The molecule has 0 bridgehead atoms. The van der Waals surface area contributed by atoms with Crippen molar-refractivity contribution in [3.05, 3.63) is 35.9 Å². The van der Waals surface area contributed by atoms with Crippen LogP contribution in [0.25, 0.3) is 0 Å². The van der Waals surface area contributed by atoms with Crippen LogP contribution in [0.4, 0.5) is 0 Å². The minimum atomic E-state index is -0.478. The second-order valence-electron chi connectivity index (χ2n) is 6.92. The molecule has 0 aromatic heterocycles. The van der Waals surface area contributed by atoms with Gasteiger partial charge in [-0.3, -0.25) is 9.80 Å². The van der Waals surface area contributed by atoms with Gasteiger partial charge in [-0.25, -0.2) is 0 Å². The Bertz CT molecular complexity index is 446. The molecule has 3 nitrogen and oxygen atoms in total. The Labute approximate surface area is 128 Å². The molecule has 1 aliphatic heterocycles. The van der Waals surface area contributed by atoms with Gasteiger partial charge < -0.3 is 5.11 Å². The lowest BCUT2D eigenvalue weighted by Gasteiger charge is -2.35. The second-order valence-corrected chi connectivity index (χ2v) is 6.92. The monoisotopic (exact) mass is 288 g/mol. The van der Waals surface area contributed by atoms with Crippen molar-refractivity contribution >= 4 is 0 Å². The summed E-state index contributed by atoms with van der Waals surface area (Å²) in [4.78, 5) is 5.09. The van der Waals surface area contributed by atoms with Crippen LogP contribution in [0.5, 0.6) is 0 Å². The molecule has 1 N–H and O–H groups in total. The summed E-state index contributed by atoms with van der Waals surface area (Å²) in [7, 11) is 0. The molecule has 0 spiro atoms. The molecular weight excluding hydrogens is 260 g/mol. The number of rotatable bonds is 3. The average molecular weight is 288 g/mol. The summed E-state index contributed by atoms with van der Waals surface area (Å²) in [6.07, 6.45) is 4.49. The van der Waals surface area contributed by atoms with E-state index < -0.39 is 5.60 Å². The zero-order valence-electron chi connectivity index (χ0n) is 13.2. The fourth-order valence-corrected chi connectivity index (χ4v) is 4.01. The van der Waals surface area contributed by atoms with E-state index in [2.05, 4.69) is 40.1 Å². The molecule has 0 radical (unpaired) electrons. The van der Waals surface area contributed by atoms with Gasteiger partial charge in [0.25, 0.3) is 0 Å². The van der Waals surface area contributed by atoms with Gasteiger partial charge in [-0.15, -0.1) is 0 Å². The Morgan fingerprint density at radius 3 is 2.62 bits per heavy atom. The van der Waals surface area contributed by atoms with Crippen molar-refractivity contribution in [3.8, 4) is 0 Å². The standard InChI is InChI=1S/C18H28N2O/c1-18(21)10-5-9-17(18)20-12-6-11-19(13-14-20)15-16-7-3-2-4-8-16/h2-4,7-8,17,21H,5-6,9-15H2,1H3. The Kier molecular flexibility index (Phi) is 4.63. The van der Waals surface area contributed by atoms with Crippen LogP contribution in [0, 0.1) is 0 Å². The summed E-state index contributed by atoms with van der Waals surface area (Å²) >= 11 is 0. The van der Waals surface area contributed by atoms with E-state index in [0.29, 0.717) is 6.04 Å². The molecule has 2 unspecified atom stereocenters. The summed E-state index contributed by atoms with van der Waals surface area (Å²) in [5, 5.41) is 10.5. The van der Waals surface area contributed by atoms with Crippen LogP contribution in [0.15, 0.2) is 30.3 Å². The smallest absolute Gasteiger partial charge is 0.0774 e. The lowest BCUT2D eigenvalue weighted by atomic mass is 9.99. The third-order valence-electron chi connectivity index (χ3n) is 5.19. The first-order valence-corrected chi connectivity index (χ1v) is 8.38. The summed E-state index contributed by atoms with van der Waals surface area (Å²) in [5.41, 5.74) is 0.924. The van der Waals surface area contributed by atoms with Crippen molar-refractivity contribution in [2.24, 2.45) is 0 Å². The van der Waals surface area contributed by atoms with Gasteiger partial charge in [-0.05, 0) is 51.3 Å². The van der Waals surface area contributed by atoms with Crippen molar-refractivity contribution in [2.75, 3.05) is 26.2 Å². The molecule has 2 atom stereocenters. The van der Waals surface area contributed by atoms with Crippen molar-refractivity contribution < 1.29 is 5.11 Å². The Balaban J connectivity index is 1.57. The van der Waals surface area contributed by atoms with Gasteiger partial charge in [0.1, 0.15) is 0 Å². The highest BCUT2D eigenvalue weighted by Crippen LogP contribution is 2.33. The van der Waals surface area contributed by atoms with Crippen LogP contribution in [-0.2, 0) is 6.54 Å². The molecule has 0 amide bonds. The van der Waals surface area contributed by atoms with Gasteiger partial charge in [-0.2, -0.15) is 0 Å². The highest BCUT2D eigenvalue weighted by Gasteiger charge is 2.40. The molecule has 2 aliphatic rings. The Morgan fingerprint density at radius 1 is 1.10 bits per heavy atom. The number of benzene rings is 1. The minimum absolute atomic E-state index is 0.370. The van der Waals surface area contributed by atoms with E-state index in [1.54, 1.807) is 0 Å². The molecule has 2 fully saturated rings. The van der Waals surface area contributed by atoms with E-state index in [1.165, 1.54) is 24.9 Å². The van der Waals surface area contributed by atoms with Gasteiger partial charge in [0.2, 0.25) is 0 Å². The molecule has 1 saturated carbocycles. The van der Waals surface area contributed by atoms with E-state index in [9.17, 15) is 5.11 Å². The van der Waals surface area contributed by atoms with Crippen LogP contribution >= 0.6 is 0 Å². The van der Waals surface area contributed by atoms with Crippen molar-refractivity contribution in [1.82, 2.24) is 9.80 Å². The van der Waals surface area contributed by atoms with Crippen LogP contribution in [0.3, 0.4) is 0 Å². The maximum atomic E-state index is 10.5. The van der Waals surface area contributed by atoms with Gasteiger partial charge >= 0.3 is 0 Å². The SMILES string of the molecule is CC1(O)CCCC1N1CCCN(Cc2ccccc2)CC1. The third kappa shape index (κ3) is 3.65. The molecule has 1 aromatic carbocycles. The molecule has 21 heavy (non-hydrogen) atoms. The lowest BCUT2D eigenvalue weighted by molar-refractivity contribution is -0.0118. The number of hydrogen-bond acceptors (Lipinski definition) is 3. The molecule has 1 aliphatic carbocycles. The Morgan fingerprint density at radius 2 is 1.90 bits per heavy atom. The fourth-order valence-electron chi connectivity index (χ4n) is 4.01. The predicted molar refractivity (Wildman–Crippen MR) is 86.2 cm³/mol. The lowest BCUT2D eigenvalue weighted by Crippen LogP contribution is -2.48. The van der Waals surface area contributed by atoms with E-state index in [0.717, 1.165) is 39.0 Å². The minimum Gasteiger partial charge on any atom is -0.389 e. The molecule has 3 heteroatoms. The quantitative estimate of drug-likeness (QED) is 0.926. The van der Waals surface area contributed by atoms with Crippen LogP contribution < -0.4 is 0 Å². The number of nitrogens with zero attached hydrogens (tertiary/aromatic N) is 2. The first kappa shape index (κ1) is 15.0. The summed E-state index contributed by atoms with van der Waals surface area (Å²) in [5.74, 6) is 0. The zero-order chi connectivity index (χ0) is 14.7. The molecule has 116 valence electrons. The fraction of sp³-hybridized carbons (Fsp3) is 0.667. The molecule has 1 aromatic rings. The van der Waals surface area contributed by atoms with Crippen LogP contribution in [-0.4, -0.2) is 52.7 Å². The van der Waals surface area contributed by atoms with E-state index in [4.69, 9.17) is 0 Å². The molecule has 1 heterocycles. The highest BCUT2D eigenvalue weighted by atomic mass is 16.3. The molecule has 3 rings (SSSR count). The zero-order valence-corrected chi connectivity index (χ0v) is 13.2. The first-order valence-electron chi connectivity index (χ1n) is 8.38. The summed E-state index contributed by atoms with van der Waals surface area (Å²) in [6.45, 7) is 7.58. The van der Waals surface area contributed by atoms with Gasteiger partial charge in [-0.1, -0.05) is 30.3 Å². The number of aliphatic hydroxyl groups is 1. The van der Waals surface area contributed by atoms with E-state index in [1.807, 2.05) is 6.92 Å². The van der Waals surface area contributed by atoms with Gasteiger partial charge in [0, 0.05) is 25.7 Å². The van der Waals surface area contributed by atoms with E-state index in [-0.39, 0.29) is 0 Å². The van der Waals surface area contributed by atoms with Crippen LogP contribution in [0.2, 0.25) is 0 Å². The van der Waals surface area contributed by atoms with Crippen molar-refractivity contribution in [2.45, 2.75) is 50.8 Å². The second kappa shape index (κ2) is 6.47. The topological polar surface area (TPSA) is 26.7 Å². The first-order chi connectivity index (χ1) is 10.1. The van der Waals surface area contributed by atoms with Crippen molar-refractivity contribution in [1.29, 1.82) is 0 Å². The van der Waals surface area contributed by atoms with Gasteiger partial charge in [0.15, 0.2) is 0 Å². The molecular formula is C18H28N2O. The average Bonchev–Trinajstić information content (AvgIpc) is 2.69. The largest absolute Gasteiger partial charge is 0.389 e. The maximum absolute atomic E-state index is 10.5. The predicted octanol–water partition coefficient (Wildman–Crippen LogP) is 2.50. The summed E-state index contributed by atoms with van der Waals surface area (Å²) < 4.78 is 0. The normalized spacial score (nSPS) is 32.2. The Hall–Kier alpha value is -0.900. The van der Waals surface area contributed by atoms with Crippen molar-refractivity contribution in [3.63, 3.8) is 0 Å².